The summed E-state index contributed by atoms with van der Waals surface area (Å²) in [5.74, 6) is -0.412. The summed E-state index contributed by atoms with van der Waals surface area (Å²) in [5, 5.41) is 23.5. The Labute approximate surface area is 201 Å². The summed E-state index contributed by atoms with van der Waals surface area (Å²) in [7, 11) is 0. The predicted molar refractivity (Wildman–Crippen MR) is 125 cm³/mol. The number of allylic oxidation sites excluding steroid dienone is 4. The Morgan fingerprint density at radius 2 is 1.94 bits per heavy atom. The molecule has 4 saturated carbocycles. The van der Waals surface area contributed by atoms with Gasteiger partial charge in [0.05, 0.1) is 6.10 Å². The van der Waals surface area contributed by atoms with Crippen LogP contribution in [0.5, 0.6) is 0 Å². The van der Waals surface area contributed by atoms with E-state index in [9.17, 15) is 24.6 Å². The first-order valence-corrected chi connectivity index (χ1v) is 13.1. The van der Waals surface area contributed by atoms with E-state index in [2.05, 4.69) is 13.8 Å². The number of hydrogen-bond donors (Lipinski definition) is 2. The van der Waals surface area contributed by atoms with Crippen LogP contribution in [0.15, 0.2) is 23.8 Å². The molecule has 5 aliphatic rings. The van der Waals surface area contributed by atoms with Gasteiger partial charge < -0.3 is 14.9 Å². The van der Waals surface area contributed by atoms with Crippen molar-refractivity contribution >= 4 is 17.5 Å². The van der Waals surface area contributed by atoms with Gasteiger partial charge in [0.15, 0.2) is 12.4 Å². The van der Waals surface area contributed by atoms with Gasteiger partial charge in [-0.2, -0.15) is 0 Å². The molecule has 0 bridgehead atoms. The number of aliphatic hydroxyl groups excluding tert-OH is 1. The zero-order valence-electron chi connectivity index (χ0n) is 20.6. The summed E-state index contributed by atoms with van der Waals surface area (Å²) >= 11 is 0. The third-order valence-electron chi connectivity index (χ3n) is 10.2. The average molecular weight is 471 g/mol. The van der Waals surface area contributed by atoms with Gasteiger partial charge in [0.2, 0.25) is 5.78 Å². The van der Waals surface area contributed by atoms with Crippen LogP contribution in [0.2, 0.25) is 0 Å². The Balaban J connectivity index is 1.38. The highest BCUT2D eigenvalue weighted by Crippen LogP contribution is 2.76. The summed E-state index contributed by atoms with van der Waals surface area (Å²) < 4.78 is 5.29. The number of aliphatic hydroxyl groups is 2. The SMILES string of the molecule is CCCCCC(=O)OCC(=O)[C@@]1(O)[C@@H]2C[C@@H]2[C@H]2[C@@H]3CCC4=CC(=O)C=C[C@]4(C)[C@H]3[C@@H](O)C[C@@]21C. The van der Waals surface area contributed by atoms with Gasteiger partial charge in [0, 0.05) is 23.2 Å². The van der Waals surface area contributed by atoms with E-state index in [4.69, 9.17) is 4.74 Å². The molecule has 0 aliphatic heterocycles. The topological polar surface area (TPSA) is 101 Å². The average Bonchev–Trinajstić information content (AvgIpc) is 3.54. The van der Waals surface area contributed by atoms with Crippen molar-refractivity contribution in [3.05, 3.63) is 23.8 Å². The number of ether oxygens (including phenoxy) is 1. The number of carbonyl (C=O) groups is 3. The van der Waals surface area contributed by atoms with E-state index in [1.807, 2.05) is 13.0 Å². The van der Waals surface area contributed by atoms with Gasteiger partial charge in [0.25, 0.3) is 0 Å². The highest BCUT2D eigenvalue weighted by Gasteiger charge is 2.79. The Morgan fingerprint density at radius 1 is 1.18 bits per heavy atom. The molecular weight excluding hydrogens is 432 g/mol. The van der Waals surface area contributed by atoms with Gasteiger partial charge in [-0.25, -0.2) is 0 Å². The molecule has 186 valence electrons. The van der Waals surface area contributed by atoms with Crippen molar-refractivity contribution in [1.29, 1.82) is 0 Å². The van der Waals surface area contributed by atoms with Crippen LogP contribution in [0.3, 0.4) is 0 Å². The van der Waals surface area contributed by atoms with Crippen molar-refractivity contribution < 1.29 is 29.3 Å². The molecule has 9 atom stereocenters. The highest BCUT2D eigenvalue weighted by atomic mass is 16.5. The van der Waals surface area contributed by atoms with Gasteiger partial charge in [-0.3, -0.25) is 14.4 Å². The zero-order chi connectivity index (χ0) is 24.5. The monoisotopic (exact) mass is 470 g/mol. The molecule has 0 aromatic rings. The largest absolute Gasteiger partial charge is 0.458 e. The zero-order valence-corrected chi connectivity index (χ0v) is 20.6. The van der Waals surface area contributed by atoms with Crippen LogP contribution in [0.4, 0.5) is 0 Å². The maximum Gasteiger partial charge on any atom is 0.306 e. The van der Waals surface area contributed by atoms with E-state index in [-0.39, 0.29) is 46.8 Å². The predicted octanol–water partition coefficient (Wildman–Crippen LogP) is 3.54. The second-order valence-corrected chi connectivity index (χ2v) is 11.9. The van der Waals surface area contributed by atoms with Crippen LogP contribution in [0, 0.1) is 40.4 Å². The molecule has 0 aromatic carbocycles. The highest BCUT2D eigenvalue weighted by molar-refractivity contribution is 6.01. The lowest BCUT2D eigenvalue weighted by atomic mass is 9.45. The molecule has 0 amide bonds. The minimum absolute atomic E-state index is 0.00778. The third-order valence-corrected chi connectivity index (χ3v) is 10.2. The Bertz CT molecular complexity index is 966. The Hall–Kier alpha value is -1.79. The molecular formula is C28H38O6. The molecule has 0 spiro atoms. The van der Waals surface area contributed by atoms with E-state index in [0.29, 0.717) is 12.8 Å². The van der Waals surface area contributed by atoms with Crippen LogP contribution >= 0.6 is 0 Å². The Kier molecular flexibility index (Phi) is 5.72. The summed E-state index contributed by atoms with van der Waals surface area (Å²) in [6, 6.07) is 0. The van der Waals surface area contributed by atoms with Crippen LogP contribution < -0.4 is 0 Å². The smallest absolute Gasteiger partial charge is 0.306 e. The van der Waals surface area contributed by atoms with Crippen molar-refractivity contribution in [2.75, 3.05) is 6.61 Å². The van der Waals surface area contributed by atoms with Crippen molar-refractivity contribution in [1.82, 2.24) is 0 Å². The normalized spacial score (nSPS) is 46.0. The quantitative estimate of drug-likeness (QED) is 0.436. The van der Waals surface area contributed by atoms with Gasteiger partial charge in [0.1, 0.15) is 5.60 Å². The van der Waals surface area contributed by atoms with Crippen molar-refractivity contribution in [2.24, 2.45) is 40.4 Å². The maximum absolute atomic E-state index is 13.4. The molecule has 6 nitrogen and oxygen atoms in total. The molecule has 34 heavy (non-hydrogen) atoms. The van der Waals surface area contributed by atoms with Crippen LogP contribution in [-0.2, 0) is 19.1 Å². The standard InChI is InChI=1S/C28H38O6/c1-4-5-6-7-23(32)34-15-22(31)28(33)20-13-19(20)24-18-9-8-16-12-17(29)10-11-26(16,2)25(18)21(30)14-27(24,28)3/h10-12,18-21,24-25,30,33H,4-9,13-15H2,1-3H3/t18-,19-,20+,21-,24+,25+,26-,27-,28-/m0/s1. The molecule has 6 heteroatoms. The number of hydrogen-bond acceptors (Lipinski definition) is 6. The van der Waals surface area contributed by atoms with Crippen molar-refractivity contribution in [2.45, 2.75) is 83.8 Å². The number of carbonyl (C=O) groups excluding carboxylic acids is 3. The molecule has 0 radical (unpaired) electrons. The minimum Gasteiger partial charge on any atom is -0.458 e. The van der Waals surface area contributed by atoms with E-state index >= 15 is 0 Å². The molecule has 0 heterocycles. The fourth-order valence-electron chi connectivity index (χ4n) is 8.70. The lowest BCUT2D eigenvalue weighted by Gasteiger charge is -2.60. The molecule has 0 aromatic heterocycles. The summed E-state index contributed by atoms with van der Waals surface area (Å²) in [6.07, 6.45) is 10.4. The van der Waals surface area contributed by atoms with Crippen LogP contribution in [0.25, 0.3) is 0 Å². The first-order chi connectivity index (χ1) is 16.1. The van der Waals surface area contributed by atoms with Gasteiger partial charge >= 0.3 is 5.97 Å². The maximum atomic E-state index is 13.4. The van der Waals surface area contributed by atoms with Crippen LogP contribution in [-0.4, -0.2) is 46.1 Å². The molecule has 4 fully saturated rings. The van der Waals surface area contributed by atoms with Gasteiger partial charge in [-0.1, -0.05) is 45.3 Å². The molecule has 5 aliphatic carbocycles. The minimum atomic E-state index is -1.58. The lowest BCUT2D eigenvalue weighted by molar-refractivity contribution is -0.190. The lowest BCUT2D eigenvalue weighted by Crippen LogP contribution is -2.63. The van der Waals surface area contributed by atoms with E-state index in [1.165, 1.54) is 0 Å². The summed E-state index contributed by atoms with van der Waals surface area (Å²) in [5.41, 5.74) is -1.61. The second kappa shape index (κ2) is 8.12. The molecule has 5 rings (SSSR count). The fourth-order valence-corrected chi connectivity index (χ4v) is 8.70. The number of esters is 1. The number of Topliss-reactive ketones (excluding diaryl/α,β-unsaturated/α-hetero) is 1. The van der Waals surface area contributed by atoms with Crippen molar-refractivity contribution in [3.8, 4) is 0 Å². The number of fused-ring (bicyclic) bond motifs is 7. The number of ketones is 2. The second-order valence-electron chi connectivity index (χ2n) is 11.9. The van der Waals surface area contributed by atoms with Gasteiger partial charge in [-0.05, 0) is 67.9 Å². The van der Waals surface area contributed by atoms with Gasteiger partial charge in [-0.15, -0.1) is 0 Å². The first kappa shape index (κ1) is 23.9. The number of rotatable bonds is 7. The fraction of sp³-hybridized carbons (Fsp3) is 0.750. The summed E-state index contributed by atoms with van der Waals surface area (Å²) in [4.78, 5) is 37.5. The molecule has 0 saturated heterocycles. The summed E-state index contributed by atoms with van der Waals surface area (Å²) in [6.45, 7) is 5.76. The van der Waals surface area contributed by atoms with E-state index in [1.54, 1.807) is 12.2 Å². The van der Waals surface area contributed by atoms with E-state index < -0.39 is 29.5 Å². The molecule has 0 unspecified atom stereocenters. The third kappa shape index (κ3) is 3.24. The molecule has 2 N–H and O–H groups in total. The van der Waals surface area contributed by atoms with E-state index in [0.717, 1.165) is 44.1 Å². The number of unbranched alkanes of at least 4 members (excludes halogenated alkanes) is 2. The van der Waals surface area contributed by atoms with Crippen LogP contribution in [0.1, 0.15) is 72.1 Å². The first-order valence-electron chi connectivity index (χ1n) is 13.1. The Morgan fingerprint density at radius 3 is 2.68 bits per heavy atom. The van der Waals surface area contributed by atoms with Crippen molar-refractivity contribution in [3.63, 3.8) is 0 Å².